The largest absolute Gasteiger partial charge is 0.504 e. The first-order chi connectivity index (χ1) is 10.3. The number of sulfonamides is 1. The van der Waals surface area contributed by atoms with Gasteiger partial charge in [-0.1, -0.05) is 26.8 Å². The van der Waals surface area contributed by atoms with Gasteiger partial charge in [0.2, 0.25) is 10.0 Å². The number of nitrogens with one attached hydrogen (secondary N) is 1. The number of fused-ring (bicyclic) bond motifs is 1. The van der Waals surface area contributed by atoms with Crippen LogP contribution in [0.1, 0.15) is 38.8 Å². The van der Waals surface area contributed by atoms with E-state index in [2.05, 4.69) is 4.72 Å². The van der Waals surface area contributed by atoms with Gasteiger partial charge < -0.3 is 14.9 Å². The zero-order valence-corrected chi connectivity index (χ0v) is 15.0. The van der Waals surface area contributed by atoms with Crippen molar-refractivity contribution in [2.75, 3.05) is 12.8 Å². The van der Waals surface area contributed by atoms with Crippen LogP contribution in [-0.4, -0.2) is 37.5 Å². The second-order valence-corrected chi connectivity index (χ2v) is 9.29. The standard InChI is InChI=1S/C16H25NO5S/c1-15(2,3)13-8-10-11(6-7-12(18)14(10)19)16(4,22-13)9-17-23(5,20)21/h6-7,13,17-19H,8-9H2,1-5H3. The molecule has 2 rings (SSSR count). The second-order valence-electron chi connectivity index (χ2n) is 7.46. The van der Waals surface area contributed by atoms with E-state index in [0.29, 0.717) is 17.5 Å². The third-order valence-electron chi connectivity index (χ3n) is 4.26. The van der Waals surface area contributed by atoms with E-state index in [1.807, 2.05) is 20.8 Å². The molecule has 2 unspecified atom stereocenters. The van der Waals surface area contributed by atoms with E-state index < -0.39 is 15.6 Å². The molecular weight excluding hydrogens is 318 g/mol. The highest BCUT2D eigenvalue weighted by Gasteiger charge is 2.43. The van der Waals surface area contributed by atoms with Crippen LogP contribution in [0.25, 0.3) is 0 Å². The van der Waals surface area contributed by atoms with Crippen LogP contribution in [0.5, 0.6) is 11.5 Å². The smallest absolute Gasteiger partial charge is 0.208 e. The maximum absolute atomic E-state index is 11.5. The third-order valence-corrected chi connectivity index (χ3v) is 4.93. The van der Waals surface area contributed by atoms with Gasteiger partial charge in [-0.2, -0.15) is 0 Å². The number of ether oxygens (including phenoxy) is 1. The van der Waals surface area contributed by atoms with Crippen LogP contribution in [0.2, 0.25) is 0 Å². The summed E-state index contributed by atoms with van der Waals surface area (Å²) in [5.74, 6) is -0.345. The number of hydrogen-bond acceptors (Lipinski definition) is 5. The van der Waals surface area contributed by atoms with E-state index in [1.165, 1.54) is 6.07 Å². The summed E-state index contributed by atoms with van der Waals surface area (Å²) in [5.41, 5.74) is 0.153. The van der Waals surface area contributed by atoms with Crippen LogP contribution in [0.15, 0.2) is 12.1 Å². The molecule has 0 aromatic heterocycles. The lowest BCUT2D eigenvalue weighted by Crippen LogP contribution is -2.49. The normalized spacial score (nSPS) is 25.2. The van der Waals surface area contributed by atoms with Crippen molar-refractivity contribution in [1.82, 2.24) is 4.72 Å². The highest BCUT2D eigenvalue weighted by Crippen LogP contribution is 2.45. The van der Waals surface area contributed by atoms with Crippen LogP contribution >= 0.6 is 0 Å². The molecule has 1 aliphatic rings. The molecule has 1 aliphatic heterocycles. The van der Waals surface area contributed by atoms with Gasteiger partial charge in [0.1, 0.15) is 5.60 Å². The summed E-state index contributed by atoms with van der Waals surface area (Å²) in [6.07, 6.45) is 1.32. The Morgan fingerprint density at radius 3 is 2.48 bits per heavy atom. The van der Waals surface area contributed by atoms with Crippen molar-refractivity contribution in [3.8, 4) is 11.5 Å². The molecule has 2 atom stereocenters. The van der Waals surface area contributed by atoms with Crippen molar-refractivity contribution in [1.29, 1.82) is 0 Å². The molecule has 130 valence electrons. The number of benzene rings is 1. The predicted octanol–water partition coefficient (Wildman–Crippen LogP) is 1.85. The summed E-state index contributed by atoms with van der Waals surface area (Å²) in [5, 5.41) is 20.0. The first-order valence-corrected chi connectivity index (χ1v) is 9.39. The molecule has 6 nitrogen and oxygen atoms in total. The Bertz CT molecular complexity index is 708. The van der Waals surface area contributed by atoms with Gasteiger partial charge in [-0.25, -0.2) is 13.1 Å². The monoisotopic (exact) mass is 343 g/mol. The van der Waals surface area contributed by atoms with Crippen LogP contribution in [-0.2, 0) is 26.8 Å². The minimum Gasteiger partial charge on any atom is -0.504 e. The molecular formula is C16H25NO5S. The van der Waals surface area contributed by atoms with Crippen molar-refractivity contribution in [2.45, 2.75) is 45.8 Å². The van der Waals surface area contributed by atoms with E-state index >= 15 is 0 Å². The van der Waals surface area contributed by atoms with Gasteiger partial charge in [-0.3, -0.25) is 0 Å². The predicted molar refractivity (Wildman–Crippen MR) is 88.0 cm³/mol. The second kappa shape index (κ2) is 5.65. The van der Waals surface area contributed by atoms with Gasteiger partial charge in [0, 0.05) is 18.5 Å². The van der Waals surface area contributed by atoms with E-state index in [4.69, 9.17) is 4.74 Å². The molecule has 0 aliphatic carbocycles. The Labute approximate surface area is 137 Å². The van der Waals surface area contributed by atoms with Gasteiger partial charge in [-0.15, -0.1) is 0 Å². The van der Waals surface area contributed by atoms with E-state index in [1.54, 1.807) is 13.0 Å². The Morgan fingerprint density at radius 2 is 1.96 bits per heavy atom. The van der Waals surface area contributed by atoms with Crippen LogP contribution in [0.4, 0.5) is 0 Å². The molecule has 0 saturated carbocycles. The molecule has 3 N–H and O–H groups in total. The number of aromatic hydroxyl groups is 2. The summed E-state index contributed by atoms with van der Waals surface area (Å²) in [6.45, 7) is 7.90. The quantitative estimate of drug-likeness (QED) is 0.728. The van der Waals surface area contributed by atoms with Gasteiger partial charge in [0.15, 0.2) is 11.5 Å². The van der Waals surface area contributed by atoms with E-state index in [0.717, 1.165) is 6.26 Å². The van der Waals surface area contributed by atoms with Crippen LogP contribution in [0.3, 0.4) is 0 Å². The molecule has 0 spiro atoms. The minimum atomic E-state index is -3.38. The molecule has 23 heavy (non-hydrogen) atoms. The number of phenols is 2. The average molecular weight is 343 g/mol. The number of rotatable bonds is 3. The van der Waals surface area contributed by atoms with Crippen molar-refractivity contribution in [3.63, 3.8) is 0 Å². The lowest BCUT2D eigenvalue weighted by Gasteiger charge is -2.45. The van der Waals surface area contributed by atoms with Gasteiger partial charge in [0.25, 0.3) is 0 Å². The fraction of sp³-hybridized carbons (Fsp3) is 0.625. The van der Waals surface area contributed by atoms with Crippen LogP contribution in [0, 0.1) is 5.41 Å². The van der Waals surface area contributed by atoms with Crippen molar-refractivity contribution < 1.29 is 23.4 Å². The molecule has 0 radical (unpaired) electrons. The highest BCUT2D eigenvalue weighted by molar-refractivity contribution is 7.88. The lowest BCUT2D eigenvalue weighted by molar-refractivity contribution is -0.135. The van der Waals surface area contributed by atoms with Gasteiger partial charge >= 0.3 is 0 Å². The van der Waals surface area contributed by atoms with Gasteiger partial charge in [0.05, 0.1) is 12.4 Å². The minimum absolute atomic E-state index is 0.0512. The molecule has 1 heterocycles. The zero-order chi connectivity index (χ0) is 17.6. The SMILES string of the molecule is CC1(CNS(C)(=O)=O)OC(C(C)(C)C)Cc2c1ccc(O)c2O. The molecule has 0 saturated heterocycles. The molecule has 1 aromatic carbocycles. The van der Waals surface area contributed by atoms with Crippen molar-refractivity contribution in [3.05, 3.63) is 23.3 Å². The highest BCUT2D eigenvalue weighted by atomic mass is 32.2. The summed E-state index contributed by atoms with van der Waals surface area (Å²) in [4.78, 5) is 0. The van der Waals surface area contributed by atoms with Crippen LogP contribution < -0.4 is 4.72 Å². The fourth-order valence-corrected chi connectivity index (χ4v) is 3.36. The molecule has 1 aromatic rings. The third kappa shape index (κ3) is 3.79. The Kier molecular flexibility index (Phi) is 4.43. The van der Waals surface area contributed by atoms with E-state index in [9.17, 15) is 18.6 Å². The number of hydrogen-bond donors (Lipinski definition) is 3. The van der Waals surface area contributed by atoms with E-state index in [-0.39, 0.29) is 29.6 Å². The Hall–Kier alpha value is -1.31. The topological polar surface area (TPSA) is 95.9 Å². The maximum Gasteiger partial charge on any atom is 0.208 e. The summed E-state index contributed by atoms with van der Waals surface area (Å²) in [6, 6.07) is 3.07. The Balaban J connectivity index is 2.52. The Morgan fingerprint density at radius 1 is 1.35 bits per heavy atom. The molecule has 0 fully saturated rings. The summed E-state index contributed by atoms with van der Waals surface area (Å²) < 4.78 is 31.7. The first-order valence-electron chi connectivity index (χ1n) is 7.50. The summed E-state index contributed by atoms with van der Waals surface area (Å²) in [7, 11) is -3.38. The summed E-state index contributed by atoms with van der Waals surface area (Å²) >= 11 is 0. The zero-order valence-electron chi connectivity index (χ0n) is 14.2. The molecule has 0 amide bonds. The number of phenolic OH excluding ortho intramolecular Hbond substituents is 2. The lowest BCUT2D eigenvalue weighted by atomic mass is 9.77. The first kappa shape index (κ1) is 18.0. The van der Waals surface area contributed by atoms with Crippen molar-refractivity contribution in [2.24, 2.45) is 5.41 Å². The average Bonchev–Trinajstić information content (AvgIpc) is 2.39. The fourth-order valence-electron chi connectivity index (χ4n) is 2.82. The molecule has 0 bridgehead atoms. The maximum atomic E-state index is 11.5. The molecule has 7 heteroatoms. The van der Waals surface area contributed by atoms with Crippen molar-refractivity contribution >= 4 is 10.0 Å². The van der Waals surface area contributed by atoms with Gasteiger partial charge in [-0.05, 0) is 24.0 Å².